The van der Waals surface area contributed by atoms with Gasteiger partial charge in [0.2, 0.25) is 0 Å². The number of methoxy groups -OCH3 is 1. The number of carbonyl (C=O) groups is 1. The average molecular weight is 312 g/mol. The second kappa shape index (κ2) is 6.14. The van der Waals surface area contributed by atoms with Gasteiger partial charge in [-0.25, -0.2) is 4.79 Å². The predicted octanol–water partition coefficient (Wildman–Crippen LogP) is 4.07. The van der Waals surface area contributed by atoms with Crippen LogP contribution in [0.3, 0.4) is 0 Å². The zero-order chi connectivity index (χ0) is 15.6. The Bertz CT molecular complexity index is 525. The molecule has 116 valence electrons. The summed E-state index contributed by atoms with van der Waals surface area (Å²) in [7, 11) is 1.63. The summed E-state index contributed by atoms with van der Waals surface area (Å²) in [6, 6.07) is 5.65. The monoisotopic (exact) mass is 311 g/mol. The first kappa shape index (κ1) is 16.0. The van der Waals surface area contributed by atoms with Gasteiger partial charge in [-0.3, -0.25) is 0 Å². The van der Waals surface area contributed by atoms with Crippen molar-refractivity contribution in [3.05, 3.63) is 28.8 Å². The normalized spacial score (nSPS) is 18.7. The highest BCUT2D eigenvalue weighted by Crippen LogP contribution is 2.35. The quantitative estimate of drug-likeness (QED) is 0.826. The molecule has 0 N–H and O–H groups in total. The molecule has 0 spiro atoms. The van der Waals surface area contributed by atoms with Crippen LogP contribution in [0.15, 0.2) is 18.2 Å². The van der Waals surface area contributed by atoms with E-state index in [9.17, 15) is 4.79 Å². The average Bonchev–Trinajstić information content (AvgIpc) is 2.86. The molecule has 21 heavy (non-hydrogen) atoms. The lowest BCUT2D eigenvalue weighted by molar-refractivity contribution is 0.0292. The molecule has 0 bridgehead atoms. The molecule has 1 aromatic rings. The summed E-state index contributed by atoms with van der Waals surface area (Å²) in [6.07, 6.45) is 0.648. The Balaban J connectivity index is 2.07. The van der Waals surface area contributed by atoms with Crippen LogP contribution in [0, 0.1) is 0 Å². The van der Waals surface area contributed by atoms with Gasteiger partial charge in [0.05, 0.1) is 7.11 Å². The molecule has 2 rings (SSSR count). The van der Waals surface area contributed by atoms with E-state index in [0.717, 1.165) is 17.7 Å². The fourth-order valence-electron chi connectivity index (χ4n) is 2.53. The van der Waals surface area contributed by atoms with E-state index in [1.54, 1.807) is 12.0 Å². The number of hydrogen-bond donors (Lipinski definition) is 0. The zero-order valence-electron chi connectivity index (χ0n) is 13.0. The van der Waals surface area contributed by atoms with Crippen LogP contribution in [0.4, 0.5) is 4.79 Å². The summed E-state index contributed by atoms with van der Waals surface area (Å²) in [6.45, 7) is 6.97. The zero-order valence-corrected chi connectivity index (χ0v) is 13.7. The van der Waals surface area contributed by atoms with Crippen LogP contribution in [-0.4, -0.2) is 36.8 Å². The Morgan fingerprint density at radius 3 is 2.71 bits per heavy atom. The second-order valence-electron chi connectivity index (χ2n) is 6.30. The van der Waals surface area contributed by atoms with Gasteiger partial charge in [0, 0.05) is 24.0 Å². The van der Waals surface area contributed by atoms with Crippen LogP contribution in [0.1, 0.15) is 38.7 Å². The molecule has 0 saturated carbocycles. The molecular weight excluding hydrogens is 290 g/mol. The Morgan fingerprint density at radius 2 is 2.10 bits per heavy atom. The number of benzene rings is 1. The third-order valence-corrected chi connectivity index (χ3v) is 3.71. The maximum Gasteiger partial charge on any atom is 0.410 e. The molecule has 1 heterocycles. The van der Waals surface area contributed by atoms with Gasteiger partial charge in [0.25, 0.3) is 0 Å². The minimum Gasteiger partial charge on any atom is -0.496 e. The Hall–Kier alpha value is -1.42. The number of ether oxygens (including phenoxy) is 2. The van der Waals surface area contributed by atoms with E-state index in [0.29, 0.717) is 18.1 Å². The molecule has 4 nitrogen and oxygen atoms in total. The lowest BCUT2D eigenvalue weighted by Crippen LogP contribution is -2.35. The van der Waals surface area contributed by atoms with Gasteiger partial charge < -0.3 is 14.4 Å². The van der Waals surface area contributed by atoms with E-state index in [2.05, 4.69) is 0 Å². The molecule has 1 unspecified atom stereocenters. The van der Waals surface area contributed by atoms with E-state index in [1.807, 2.05) is 39.0 Å². The number of carbonyl (C=O) groups excluding carboxylic acids is 1. The van der Waals surface area contributed by atoms with Crippen molar-refractivity contribution in [1.29, 1.82) is 0 Å². The van der Waals surface area contributed by atoms with Crippen molar-refractivity contribution >= 4 is 17.7 Å². The summed E-state index contributed by atoms with van der Waals surface area (Å²) >= 11 is 5.99. The molecule has 1 atom stereocenters. The van der Waals surface area contributed by atoms with Crippen molar-refractivity contribution in [2.45, 2.75) is 38.7 Å². The van der Waals surface area contributed by atoms with Crippen LogP contribution in [0.25, 0.3) is 0 Å². The highest BCUT2D eigenvalue weighted by Gasteiger charge is 2.31. The molecule has 1 aliphatic heterocycles. The number of halogens is 1. The molecule has 1 fully saturated rings. The van der Waals surface area contributed by atoms with Crippen LogP contribution in [-0.2, 0) is 4.74 Å². The van der Waals surface area contributed by atoms with Gasteiger partial charge in [-0.1, -0.05) is 17.7 Å². The molecule has 1 saturated heterocycles. The van der Waals surface area contributed by atoms with Crippen molar-refractivity contribution < 1.29 is 14.3 Å². The van der Waals surface area contributed by atoms with Gasteiger partial charge in [-0.05, 0) is 44.9 Å². The molecule has 0 aliphatic carbocycles. The largest absolute Gasteiger partial charge is 0.496 e. The predicted molar refractivity (Wildman–Crippen MR) is 83.2 cm³/mol. The molecular formula is C16H22ClNO3. The van der Waals surface area contributed by atoms with Gasteiger partial charge in [0.1, 0.15) is 11.4 Å². The molecule has 0 radical (unpaired) electrons. The minimum atomic E-state index is -0.465. The fraction of sp³-hybridized carbons (Fsp3) is 0.562. The molecule has 1 amide bonds. The standard InChI is InChI=1S/C16H22ClNO3/c1-16(2,3)21-15(19)18-8-7-11(10-18)13-6-5-12(17)9-14(13)20-4/h5-6,9,11H,7-8,10H2,1-4H3. The third-order valence-electron chi connectivity index (χ3n) is 3.48. The van der Waals surface area contributed by atoms with Gasteiger partial charge >= 0.3 is 6.09 Å². The van der Waals surface area contributed by atoms with Crippen molar-refractivity contribution in [3.63, 3.8) is 0 Å². The molecule has 0 aromatic heterocycles. The van der Waals surface area contributed by atoms with Crippen molar-refractivity contribution in [1.82, 2.24) is 4.90 Å². The Morgan fingerprint density at radius 1 is 1.38 bits per heavy atom. The fourth-order valence-corrected chi connectivity index (χ4v) is 2.69. The second-order valence-corrected chi connectivity index (χ2v) is 6.73. The van der Waals surface area contributed by atoms with E-state index < -0.39 is 5.60 Å². The topological polar surface area (TPSA) is 38.8 Å². The van der Waals surface area contributed by atoms with Crippen molar-refractivity contribution in [2.24, 2.45) is 0 Å². The van der Waals surface area contributed by atoms with Gasteiger partial charge in [0.15, 0.2) is 0 Å². The van der Waals surface area contributed by atoms with E-state index >= 15 is 0 Å². The van der Waals surface area contributed by atoms with Gasteiger partial charge in [-0.2, -0.15) is 0 Å². The Kier molecular flexibility index (Phi) is 4.67. The summed E-state index contributed by atoms with van der Waals surface area (Å²) in [5.74, 6) is 1.03. The summed E-state index contributed by atoms with van der Waals surface area (Å²) in [4.78, 5) is 13.9. The first-order chi connectivity index (χ1) is 9.80. The molecule has 1 aliphatic rings. The summed E-state index contributed by atoms with van der Waals surface area (Å²) in [5, 5.41) is 0.651. The summed E-state index contributed by atoms with van der Waals surface area (Å²) < 4.78 is 10.8. The van der Waals surface area contributed by atoms with Crippen LogP contribution >= 0.6 is 11.6 Å². The lowest BCUT2D eigenvalue weighted by atomic mass is 9.97. The third kappa shape index (κ3) is 4.03. The maximum absolute atomic E-state index is 12.1. The Labute approximate surface area is 131 Å². The first-order valence-corrected chi connectivity index (χ1v) is 7.49. The molecule has 1 aromatic carbocycles. The number of rotatable bonds is 2. The summed E-state index contributed by atoms with van der Waals surface area (Å²) in [5.41, 5.74) is 0.626. The molecule has 5 heteroatoms. The van der Waals surface area contributed by atoms with E-state index in [-0.39, 0.29) is 12.0 Å². The number of hydrogen-bond acceptors (Lipinski definition) is 3. The van der Waals surface area contributed by atoms with E-state index in [1.165, 1.54) is 0 Å². The van der Waals surface area contributed by atoms with Gasteiger partial charge in [-0.15, -0.1) is 0 Å². The highest BCUT2D eigenvalue weighted by atomic mass is 35.5. The SMILES string of the molecule is COc1cc(Cl)ccc1C1CCN(C(=O)OC(C)(C)C)C1. The smallest absolute Gasteiger partial charge is 0.410 e. The van der Waals surface area contributed by atoms with Crippen molar-refractivity contribution in [2.75, 3.05) is 20.2 Å². The van der Waals surface area contributed by atoms with Crippen molar-refractivity contribution in [3.8, 4) is 5.75 Å². The van der Waals surface area contributed by atoms with Crippen LogP contribution in [0.5, 0.6) is 5.75 Å². The first-order valence-electron chi connectivity index (χ1n) is 7.11. The number of amides is 1. The lowest BCUT2D eigenvalue weighted by Gasteiger charge is -2.24. The minimum absolute atomic E-state index is 0.252. The van der Waals surface area contributed by atoms with E-state index in [4.69, 9.17) is 21.1 Å². The number of nitrogens with zero attached hydrogens (tertiary/aromatic N) is 1. The maximum atomic E-state index is 12.1. The number of likely N-dealkylation sites (tertiary alicyclic amines) is 1. The van der Waals surface area contributed by atoms with Crippen LogP contribution < -0.4 is 4.74 Å². The highest BCUT2D eigenvalue weighted by molar-refractivity contribution is 6.30. The van der Waals surface area contributed by atoms with Crippen LogP contribution in [0.2, 0.25) is 5.02 Å².